The molecule has 0 saturated carbocycles. The fraction of sp³-hybridized carbons (Fsp3) is 0.875. The van der Waals surface area contributed by atoms with Gasteiger partial charge >= 0.3 is 5.97 Å². The van der Waals surface area contributed by atoms with Gasteiger partial charge in [0.1, 0.15) is 5.54 Å². The third kappa shape index (κ3) is 5.57. The summed E-state index contributed by atoms with van der Waals surface area (Å²) in [5.74, 6) is -1.00. The van der Waals surface area contributed by atoms with E-state index >= 15 is 0 Å². The molecule has 0 fully saturated rings. The first-order chi connectivity index (χ1) is 6.00. The van der Waals surface area contributed by atoms with E-state index in [2.05, 4.69) is 0 Å². The van der Waals surface area contributed by atoms with Crippen LogP contribution < -0.4 is 5.73 Å². The van der Waals surface area contributed by atoms with Crippen LogP contribution in [0.1, 0.15) is 19.8 Å². The smallest absolute Gasteiger partial charge is 0.323 e. The predicted molar refractivity (Wildman–Crippen MR) is 47.4 cm³/mol. The summed E-state index contributed by atoms with van der Waals surface area (Å²) in [6.07, 6.45) is 0.951. The van der Waals surface area contributed by atoms with Crippen LogP contribution in [0.3, 0.4) is 0 Å². The fourth-order valence-corrected chi connectivity index (χ4v) is 0.815. The number of nitrogens with two attached hydrogens (primary N) is 1. The number of carboxylic acids is 1. The van der Waals surface area contributed by atoms with Crippen LogP contribution in [0.4, 0.5) is 0 Å². The molecule has 0 saturated heterocycles. The predicted octanol–water partition coefficient (Wildman–Crippen LogP) is -0.422. The normalized spacial score (nSPS) is 15.3. The van der Waals surface area contributed by atoms with E-state index in [-0.39, 0.29) is 13.2 Å². The summed E-state index contributed by atoms with van der Waals surface area (Å²) in [6.45, 7) is 2.18. The second-order valence-electron chi connectivity index (χ2n) is 3.16. The summed E-state index contributed by atoms with van der Waals surface area (Å²) < 4.78 is 4.96. The van der Waals surface area contributed by atoms with Gasteiger partial charge in [0.25, 0.3) is 0 Å². The number of hydrogen-bond acceptors (Lipinski definition) is 4. The Morgan fingerprint density at radius 2 is 2.15 bits per heavy atom. The SMILES string of the molecule is CC(N)(CCCOCCO)C(=O)O. The van der Waals surface area contributed by atoms with Crippen molar-refractivity contribution in [3.8, 4) is 0 Å². The van der Waals surface area contributed by atoms with Crippen molar-refractivity contribution in [1.29, 1.82) is 0 Å². The Morgan fingerprint density at radius 3 is 2.62 bits per heavy atom. The number of carboxylic acid groups (broad SMARTS) is 1. The van der Waals surface area contributed by atoms with Crippen molar-refractivity contribution in [3.63, 3.8) is 0 Å². The van der Waals surface area contributed by atoms with Gasteiger partial charge in [-0.1, -0.05) is 0 Å². The van der Waals surface area contributed by atoms with E-state index < -0.39 is 11.5 Å². The van der Waals surface area contributed by atoms with Gasteiger partial charge in [0.15, 0.2) is 0 Å². The quantitative estimate of drug-likeness (QED) is 0.475. The van der Waals surface area contributed by atoms with Gasteiger partial charge in [0, 0.05) is 6.61 Å². The maximum absolute atomic E-state index is 10.5. The van der Waals surface area contributed by atoms with E-state index in [4.69, 9.17) is 20.7 Å². The Labute approximate surface area is 77.5 Å². The van der Waals surface area contributed by atoms with E-state index in [9.17, 15) is 4.79 Å². The largest absolute Gasteiger partial charge is 0.480 e. The lowest BCUT2D eigenvalue weighted by Gasteiger charge is -2.18. The molecule has 0 aliphatic heterocycles. The average Bonchev–Trinajstić information content (AvgIpc) is 2.03. The van der Waals surface area contributed by atoms with Crippen LogP contribution in [0.5, 0.6) is 0 Å². The van der Waals surface area contributed by atoms with E-state index in [1.54, 1.807) is 0 Å². The van der Waals surface area contributed by atoms with Crippen LogP contribution in [0.2, 0.25) is 0 Å². The van der Waals surface area contributed by atoms with Gasteiger partial charge in [0.2, 0.25) is 0 Å². The standard InChI is InChI=1S/C8H17NO4/c1-8(9,7(11)12)3-2-5-13-6-4-10/h10H,2-6,9H2,1H3,(H,11,12). The lowest BCUT2D eigenvalue weighted by Crippen LogP contribution is -2.44. The molecule has 0 aliphatic carbocycles. The van der Waals surface area contributed by atoms with Gasteiger partial charge in [-0.05, 0) is 19.8 Å². The van der Waals surface area contributed by atoms with Crippen molar-refractivity contribution >= 4 is 5.97 Å². The monoisotopic (exact) mass is 191 g/mol. The molecule has 1 atom stereocenters. The van der Waals surface area contributed by atoms with E-state index in [1.807, 2.05) is 0 Å². The topological polar surface area (TPSA) is 92.8 Å². The first-order valence-electron chi connectivity index (χ1n) is 4.21. The molecule has 78 valence electrons. The second kappa shape index (κ2) is 5.90. The minimum absolute atomic E-state index is 0.0151. The highest BCUT2D eigenvalue weighted by atomic mass is 16.5. The van der Waals surface area contributed by atoms with Crippen LogP contribution in [0.25, 0.3) is 0 Å². The molecule has 0 amide bonds. The fourth-order valence-electron chi connectivity index (χ4n) is 0.815. The Balaban J connectivity index is 3.46. The number of aliphatic hydroxyl groups excluding tert-OH is 1. The molecule has 0 aliphatic rings. The van der Waals surface area contributed by atoms with E-state index in [1.165, 1.54) is 6.92 Å². The maximum Gasteiger partial charge on any atom is 0.323 e. The molecule has 0 bridgehead atoms. The lowest BCUT2D eigenvalue weighted by atomic mass is 9.98. The molecular weight excluding hydrogens is 174 g/mol. The summed E-state index contributed by atoms with van der Waals surface area (Å²) in [4.78, 5) is 10.5. The van der Waals surface area contributed by atoms with Crippen LogP contribution in [-0.4, -0.2) is 41.5 Å². The maximum atomic E-state index is 10.5. The summed E-state index contributed by atoms with van der Waals surface area (Å²) in [7, 11) is 0. The number of ether oxygens (including phenoxy) is 1. The van der Waals surface area contributed by atoms with E-state index in [0.29, 0.717) is 19.4 Å². The third-order valence-electron chi connectivity index (χ3n) is 1.71. The molecule has 1 unspecified atom stereocenters. The Kier molecular flexibility index (Phi) is 5.61. The van der Waals surface area contributed by atoms with Gasteiger partial charge in [-0.15, -0.1) is 0 Å². The lowest BCUT2D eigenvalue weighted by molar-refractivity contribution is -0.143. The molecule has 0 heterocycles. The molecule has 0 aromatic carbocycles. The van der Waals surface area contributed by atoms with Crippen molar-refractivity contribution in [2.24, 2.45) is 5.73 Å². The number of aliphatic carboxylic acids is 1. The van der Waals surface area contributed by atoms with Crippen molar-refractivity contribution < 1.29 is 19.7 Å². The Hall–Kier alpha value is -0.650. The highest BCUT2D eigenvalue weighted by Gasteiger charge is 2.26. The van der Waals surface area contributed by atoms with Gasteiger partial charge in [-0.3, -0.25) is 4.79 Å². The highest BCUT2D eigenvalue weighted by molar-refractivity contribution is 5.77. The van der Waals surface area contributed by atoms with Crippen LogP contribution in [0, 0.1) is 0 Å². The molecule has 13 heavy (non-hydrogen) atoms. The van der Waals surface area contributed by atoms with Crippen LogP contribution in [-0.2, 0) is 9.53 Å². The molecular formula is C8H17NO4. The molecule has 0 spiro atoms. The first kappa shape index (κ1) is 12.3. The van der Waals surface area contributed by atoms with Crippen LogP contribution >= 0.6 is 0 Å². The minimum atomic E-state index is -1.18. The van der Waals surface area contributed by atoms with Crippen LogP contribution in [0.15, 0.2) is 0 Å². The number of hydrogen-bond donors (Lipinski definition) is 3. The summed E-state index contributed by atoms with van der Waals surface area (Å²) in [5.41, 5.74) is 4.29. The summed E-state index contributed by atoms with van der Waals surface area (Å²) in [6, 6.07) is 0. The molecule has 0 radical (unpaired) electrons. The summed E-state index contributed by atoms with van der Waals surface area (Å²) in [5, 5.41) is 17.0. The third-order valence-corrected chi connectivity index (χ3v) is 1.71. The number of rotatable bonds is 7. The minimum Gasteiger partial charge on any atom is -0.480 e. The molecule has 5 nitrogen and oxygen atoms in total. The summed E-state index contributed by atoms with van der Waals surface area (Å²) >= 11 is 0. The molecule has 5 heteroatoms. The van der Waals surface area contributed by atoms with Gasteiger partial charge in [-0.25, -0.2) is 0 Å². The van der Waals surface area contributed by atoms with Gasteiger partial charge in [0.05, 0.1) is 13.2 Å². The number of aliphatic hydroxyl groups is 1. The van der Waals surface area contributed by atoms with Gasteiger partial charge in [-0.2, -0.15) is 0 Å². The van der Waals surface area contributed by atoms with E-state index in [0.717, 1.165) is 0 Å². The highest BCUT2D eigenvalue weighted by Crippen LogP contribution is 2.08. The molecule has 0 aromatic heterocycles. The molecule has 0 rings (SSSR count). The Morgan fingerprint density at radius 1 is 1.54 bits per heavy atom. The molecule has 0 aromatic rings. The van der Waals surface area contributed by atoms with Crippen molar-refractivity contribution in [1.82, 2.24) is 0 Å². The number of carbonyl (C=O) groups is 1. The van der Waals surface area contributed by atoms with Crippen molar-refractivity contribution in [2.75, 3.05) is 19.8 Å². The first-order valence-corrected chi connectivity index (χ1v) is 4.21. The Bertz CT molecular complexity index is 158. The van der Waals surface area contributed by atoms with Crippen molar-refractivity contribution in [3.05, 3.63) is 0 Å². The molecule has 4 N–H and O–H groups in total. The average molecular weight is 191 g/mol. The zero-order chi connectivity index (χ0) is 10.3. The zero-order valence-electron chi connectivity index (χ0n) is 7.82. The zero-order valence-corrected chi connectivity index (χ0v) is 7.82. The van der Waals surface area contributed by atoms with Gasteiger partial charge < -0.3 is 20.7 Å². The van der Waals surface area contributed by atoms with Crippen molar-refractivity contribution in [2.45, 2.75) is 25.3 Å². The second-order valence-corrected chi connectivity index (χ2v) is 3.16.